The molecule has 2 saturated heterocycles. The summed E-state index contributed by atoms with van der Waals surface area (Å²) in [5.74, 6) is -1.78. The molecule has 3 aromatic rings. The van der Waals surface area contributed by atoms with E-state index < -0.39 is 40.4 Å². The van der Waals surface area contributed by atoms with Gasteiger partial charge in [0.15, 0.2) is 0 Å². The molecule has 0 aliphatic carbocycles. The van der Waals surface area contributed by atoms with Crippen LogP contribution in [0.25, 0.3) is 11.1 Å². The van der Waals surface area contributed by atoms with Crippen molar-refractivity contribution >= 4 is 29.4 Å². The van der Waals surface area contributed by atoms with Gasteiger partial charge in [-0.25, -0.2) is 14.6 Å². The Morgan fingerprint density at radius 2 is 1.79 bits per heavy atom. The zero-order chi connectivity index (χ0) is 27.9. The molecule has 0 saturated carbocycles. The molecule has 0 radical (unpaired) electrons. The van der Waals surface area contributed by atoms with E-state index in [2.05, 4.69) is 4.98 Å². The predicted octanol–water partition coefficient (Wildman–Crippen LogP) is 6.25. The zero-order valence-corrected chi connectivity index (χ0v) is 21.1. The molecule has 204 valence electrons. The van der Waals surface area contributed by atoms with Crippen molar-refractivity contribution in [1.29, 1.82) is 0 Å². The molecule has 1 N–H and O–H groups in total. The van der Waals surface area contributed by atoms with Crippen LogP contribution in [0.3, 0.4) is 0 Å². The Morgan fingerprint density at radius 1 is 1.10 bits per heavy atom. The molecule has 2 aliphatic rings. The minimum atomic E-state index is -4.65. The third-order valence-corrected chi connectivity index (χ3v) is 7.41. The fourth-order valence-corrected chi connectivity index (χ4v) is 5.27. The maximum Gasteiger partial charge on any atom is 0.417 e. The number of ether oxygens (including phenoxy) is 1. The van der Waals surface area contributed by atoms with Gasteiger partial charge < -0.3 is 9.84 Å². The number of carbonyl (C=O) groups excluding carboxylic acids is 1. The molecule has 39 heavy (non-hydrogen) atoms. The highest BCUT2D eigenvalue weighted by Crippen LogP contribution is 2.40. The molecule has 1 aromatic heterocycles. The average molecular weight is 564 g/mol. The van der Waals surface area contributed by atoms with Crippen molar-refractivity contribution in [3.8, 4) is 11.1 Å². The van der Waals surface area contributed by atoms with Crippen LogP contribution in [0.1, 0.15) is 34.3 Å². The summed E-state index contributed by atoms with van der Waals surface area (Å²) in [6, 6.07) is 10.7. The van der Waals surface area contributed by atoms with Crippen LogP contribution >= 0.6 is 11.6 Å². The molecule has 7 nitrogen and oxygen atoms in total. The summed E-state index contributed by atoms with van der Waals surface area (Å²) in [5, 5.41) is 8.63. The van der Waals surface area contributed by atoms with E-state index in [1.165, 1.54) is 35.4 Å². The van der Waals surface area contributed by atoms with Crippen LogP contribution in [0, 0.1) is 5.95 Å². The van der Waals surface area contributed by atoms with Gasteiger partial charge in [0.2, 0.25) is 5.95 Å². The van der Waals surface area contributed by atoms with Gasteiger partial charge in [0.25, 0.3) is 0 Å². The first kappa shape index (κ1) is 26.9. The number of pyridine rings is 1. The minimum Gasteiger partial charge on any atom is -0.478 e. The summed E-state index contributed by atoms with van der Waals surface area (Å²) >= 11 is 5.98. The van der Waals surface area contributed by atoms with Crippen LogP contribution in [0.2, 0.25) is 5.02 Å². The number of aromatic carboxylic acids is 1. The lowest BCUT2D eigenvalue weighted by atomic mass is 9.90. The number of hydrogen-bond acceptors (Lipinski definition) is 5. The Labute approximate surface area is 225 Å². The van der Waals surface area contributed by atoms with Gasteiger partial charge >= 0.3 is 18.2 Å². The van der Waals surface area contributed by atoms with Gasteiger partial charge in [0.05, 0.1) is 22.7 Å². The van der Waals surface area contributed by atoms with Gasteiger partial charge in [0.1, 0.15) is 5.60 Å². The Morgan fingerprint density at radius 3 is 2.38 bits per heavy atom. The molecule has 3 heterocycles. The quantitative estimate of drug-likeness (QED) is 0.292. The van der Waals surface area contributed by atoms with Gasteiger partial charge in [-0.2, -0.15) is 17.6 Å². The molecule has 2 aliphatic heterocycles. The van der Waals surface area contributed by atoms with Crippen molar-refractivity contribution in [3.63, 3.8) is 0 Å². The fraction of sp³-hybridized carbons (Fsp3) is 0.296. The van der Waals surface area contributed by atoms with E-state index in [0.717, 1.165) is 12.1 Å². The van der Waals surface area contributed by atoms with Crippen molar-refractivity contribution in [2.75, 3.05) is 24.5 Å². The Bertz CT molecular complexity index is 1410. The summed E-state index contributed by atoms with van der Waals surface area (Å²) in [6.45, 7) is 1.34. The first-order chi connectivity index (χ1) is 18.4. The van der Waals surface area contributed by atoms with Crippen LogP contribution in [0.4, 0.5) is 28.0 Å². The monoisotopic (exact) mass is 563 g/mol. The standard InChI is InChI=1S/C27H22ClF4N3O4/c28-22-12-20(17-3-6-23(29)33-13-17)18(11-21(22)27(30,31)32)14-34-9-7-26(8-10-34)15-35(25(38)39-26)19-4-1-16(2-5-19)24(36)37/h1-6,11-13H,7-10,14-15H2,(H,36,37). The van der Waals surface area contributed by atoms with Crippen molar-refractivity contribution in [1.82, 2.24) is 9.88 Å². The maximum absolute atomic E-state index is 13.6. The number of benzene rings is 2. The predicted molar refractivity (Wildman–Crippen MR) is 134 cm³/mol. The number of anilines is 1. The third kappa shape index (κ3) is 5.55. The second-order valence-corrected chi connectivity index (χ2v) is 10.0. The summed E-state index contributed by atoms with van der Waals surface area (Å²) in [4.78, 5) is 30.8. The lowest BCUT2D eigenvalue weighted by Crippen LogP contribution is -2.46. The van der Waals surface area contributed by atoms with Crippen molar-refractivity contribution in [3.05, 3.63) is 82.4 Å². The molecular weight excluding hydrogens is 542 g/mol. The number of alkyl halides is 3. The van der Waals surface area contributed by atoms with E-state index in [1.54, 1.807) is 12.1 Å². The lowest BCUT2D eigenvalue weighted by Gasteiger charge is -2.37. The lowest BCUT2D eigenvalue weighted by molar-refractivity contribution is -0.137. The van der Waals surface area contributed by atoms with Crippen LogP contribution in [-0.2, 0) is 17.5 Å². The number of aromatic nitrogens is 1. The third-order valence-electron chi connectivity index (χ3n) is 7.09. The highest BCUT2D eigenvalue weighted by atomic mass is 35.5. The first-order valence-electron chi connectivity index (χ1n) is 12.0. The topological polar surface area (TPSA) is 83.0 Å². The number of likely N-dealkylation sites (tertiary alicyclic amines) is 1. The molecular formula is C27H22ClF4N3O4. The smallest absolute Gasteiger partial charge is 0.417 e. The van der Waals surface area contributed by atoms with Crippen molar-refractivity contribution < 1.29 is 37.0 Å². The number of rotatable bonds is 5. The normalized spacial score (nSPS) is 17.5. The van der Waals surface area contributed by atoms with E-state index in [4.69, 9.17) is 21.4 Å². The maximum atomic E-state index is 13.6. The molecule has 0 bridgehead atoms. The molecule has 1 amide bonds. The molecule has 5 rings (SSSR count). The number of piperidine rings is 1. The summed E-state index contributed by atoms with van der Waals surface area (Å²) < 4.78 is 60.0. The second-order valence-electron chi connectivity index (χ2n) is 9.62. The van der Waals surface area contributed by atoms with E-state index >= 15 is 0 Å². The number of halogens is 5. The van der Waals surface area contributed by atoms with Crippen LogP contribution in [-0.4, -0.2) is 52.3 Å². The molecule has 2 fully saturated rings. The van der Waals surface area contributed by atoms with Gasteiger partial charge in [-0.15, -0.1) is 0 Å². The highest BCUT2D eigenvalue weighted by molar-refractivity contribution is 6.31. The second kappa shape index (κ2) is 10.1. The van der Waals surface area contributed by atoms with E-state index in [9.17, 15) is 27.2 Å². The SMILES string of the molecule is O=C(O)c1ccc(N2CC3(CCN(Cc4cc(C(F)(F)F)c(Cl)cc4-c4ccc(F)nc4)CC3)OC2=O)cc1. The van der Waals surface area contributed by atoms with Crippen molar-refractivity contribution in [2.24, 2.45) is 0 Å². The summed E-state index contributed by atoms with van der Waals surface area (Å²) in [7, 11) is 0. The minimum absolute atomic E-state index is 0.0982. The number of amides is 1. The largest absolute Gasteiger partial charge is 0.478 e. The summed E-state index contributed by atoms with van der Waals surface area (Å²) in [5.41, 5.74) is 0.109. The Balaban J connectivity index is 1.33. The number of nitrogens with zero attached hydrogens (tertiary/aromatic N) is 3. The van der Waals surface area contributed by atoms with Gasteiger partial charge in [-0.3, -0.25) is 9.80 Å². The Kier molecular flexibility index (Phi) is 6.98. The number of carboxylic acid groups (broad SMARTS) is 1. The fourth-order valence-electron chi connectivity index (χ4n) is 5.00. The molecule has 12 heteroatoms. The van der Waals surface area contributed by atoms with E-state index in [-0.39, 0.29) is 18.7 Å². The van der Waals surface area contributed by atoms with Gasteiger partial charge in [-0.1, -0.05) is 11.6 Å². The number of carbonyl (C=O) groups is 2. The van der Waals surface area contributed by atoms with Crippen molar-refractivity contribution in [2.45, 2.75) is 31.2 Å². The van der Waals surface area contributed by atoms with E-state index in [1.807, 2.05) is 4.90 Å². The van der Waals surface area contributed by atoms with E-state index in [0.29, 0.717) is 48.3 Å². The number of hydrogen-bond donors (Lipinski definition) is 1. The van der Waals surface area contributed by atoms with Crippen LogP contribution in [0.5, 0.6) is 0 Å². The van der Waals surface area contributed by atoms with Crippen LogP contribution < -0.4 is 4.90 Å². The van der Waals surface area contributed by atoms with Gasteiger partial charge in [0, 0.05) is 49.9 Å². The van der Waals surface area contributed by atoms with Gasteiger partial charge in [-0.05, 0) is 59.7 Å². The summed E-state index contributed by atoms with van der Waals surface area (Å²) in [6.07, 6.45) is -3.03. The Hall–Kier alpha value is -3.70. The zero-order valence-electron chi connectivity index (χ0n) is 20.3. The molecule has 1 spiro atoms. The average Bonchev–Trinajstić information content (AvgIpc) is 3.21. The molecule has 0 unspecified atom stereocenters. The van der Waals surface area contributed by atoms with Crippen LogP contribution in [0.15, 0.2) is 54.7 Å². The molecule has 0 atom stereocenters. The highest BCUT2D eigenvalue weighted by Gasteiger charge is 2.47. The first-order valence-corrected chi connectivity index (χ1v) is 12.4. The number of carboxylic acids is 1. The molecule has 2 aromatic carbocycles.